The molecule has 0 amide bonds. The fourth-order valence-electron chi connectivity index (χ4n) is 7.62. The van der Waals surface area contributed by atoms with Gasteiger partial charge in [0.15, 0.2) is 17.5 Å². The third-order valence-electron chi connectivity index (χ3n) is 10.1. The van der Waals surface area contributed by atoms with Crippen LogP contribution < -0.4 is 0 Å². The van der Waals surface area contributed by atoms with Gasteiger partial charge in [-0.2, -0.15) is 0 Å². The molecule has 6 aromatic carbocycles. The minimum Gasteiger partial charge on any atom is -0.309 e. The maximum Gasteiger partial charge on any atom is 0.264 e. The number of carbonyl (C=O) groups is 1. The molecule has 0 aliphatic carbocycles. The van der Waals surface area contributed by atoms with Crippen LogP contribution in [0.3, 0.4) is 0 Å². The lowest BCUT2D eigenvalue weighted by Crippen LogP contribution is -2.35. The summed E-state index contributed by atoms with van der Waals surface area (Å²) in [5.41, 5.74) is 8.62. The number of rotatable bonds is 4. The molecule has 1 aliphatic heterocycles. The molecule has 0 saturated carbocycles. The number of benzene rings is 6. The van der Waals surface area contributed by atoms with E-state index >= 15 is 0 Å². The van der Waals surface area contributed by atoms with Crippen molar-refractivity contribution in [3.05, 3.63) is 163 Å². The number of aromatic nitrogens is 6. The Kier molecular flexibility index (Phi) is 6.24. The second-order valence-electron chi connectivity index (χ2n) is 13.5. The van der Waals surface area contributed by atoms with Gasteiger partial charge in [0.25, 0.3) is 5.91 Å². The van der Waals surface area contributed by atoms with Crippen LogP contribution in [-0.4, -0.2) is 35.0 Å². The van der Waals surface area contributed by atoms with Crippen molar-refractivity contribution in [2.75, 3.05) is 0 Å². The molecule has 7 nitrogen and oxygen atoms in total. The van der Waals surface area contributed by atoms with Crippen LogP contribution in [0.25, 0.3) is 72.7 Å². The highest BCUT2D eigenvalue weighted by Gasteiger charge is 2.39. The van der Waals surface area contributed by atoms with Gasteiger partial charge in [-0.1, -0.05) is 109 Å². The molecule has 51 heavy (non-hydrogen) atoms. The Morgan fingerprint density at radius 1 is 0.490 bits per heavy atom. The molecular weight excluding hydrogens is 629 g/mol. The molecule has 0 unspecified atom stereocenters. The van der Waals surface area contributed by atoms with Crippen LogP contribution in [0.4, 0.5) is 0 Å². The number of carbonyl (C=O) groups excluding carboxylic acids is 1. The number of fused-ring (bicyclic) bond motifs is 7. The highest BCUT2D eigenvalue weighted by molar-refractivity contribution is 6.15. The van der Waals surface area contributed by atoms with E-state index in [9.17, 15) is 4.79 Å². The van der Waals surface area contributed by atoms with Crippen LogP contribution in [0.1, 0.15) is 35.6 Å². The molecule has 0 saturated heterocycles. The lowest BCUT2D eigenvalue weighted by molar-refractivity contribution is 0.0948. The Bertz CT molecular complexity index is 2790. The van der Waals surface area contributed by atoms with Crippen molar-refractivity contribution in [2.24, 2.45) is 0 Å². The first kappa shape index (κ1) is 29.2. The van der Waals surface area contributed by atoms with Crippen molar-refractivity contribution < 1.29 is 4.79 Å². The summed E-state index contributed by atoms with van der Waals surface area (Å²) in [4.78, 5) is 34.0. The van der Waals surface area contributed by atoms with Crippen molar-refractivity contribution in [1.29, 1.82) is 0 Å². The summed E-state index contributed by atoms with van der Waals surface area (Å²) in [5, 5.41) is 2.14. The van der Waals surface area contributed by atoms with E-state index < -0.39 is 5.41 Å². The Morgan fingerprint density at radius 2 is 1.10 bits per heavy atom. The summed E-state index contributed by atoms with van der Waals surface area (Å²) in [6, 6.07) is 48.9. The maximum atomic E-state index is 14.0. The zero-order valence-electron chi connectivity index (χ0n) is 27.9. The highest BCUT2D eigenvalue weighted by Crippen LogP contribution is 2.42. The molecule has 4 heterocycles. The third-order valence-corrected chi connectivity index (χ3v) is 10.1. The molecule has 242 valence electrons. The topological polar surface area (TPSA) is 78.5 Å². The van der Waals surface area contributed by atoms with Crippen LogP contribution in [0.5, 0.6) is 0 Å². The molecule has 0 atom stereocenters. The Labute approximate surface area is 293 Å². The number of para-hydroxylation sites is 1. The summed E-state index contributed by atoms with van der Waals surface area (Å²) in [7, 11) is 0. The molecular formula is C44H30N6O. The first-order valence-corrected chi connectivity index (χ1v) is 17.0. The Hall–Kier alpha value is -6.73. The monoisotopic (exact) mass is 658 g/mol. The molecule has 3 aromatic heterocycles. The molecule has 0 radical (unpaired) electrons. The average molecular weight is 659 g/mol. The van der Waals surface area contributed by atoms with E-state index in [0.29, 0.717) is 17.5 Å². The highest BCUT2D eigenvalue weighted by atomic mass is 16.2. The fourth-order valence-corrected chi connectivity index (χ4v) is 7.62. The van der Waals surface area contributed by atoms with E-state index in [-0.39, 0.29) is 5.91 Å². The summed E-state index contributed by atoms with van der Waals surface area (Å²) < 4.78 is 4.09. The van der Waals surface area contributed by atoms with Gasteiger partial charge < -0.3 is 4.57 Å². The number of nitrogens with zero attached hydrogens (tertiary/aromatic N) is 6. The summed E-state index contributed by atoms with van der Waals surface area (Å²) in [6.07, 6.45) is 0. The molecule has 10 rings (SSSR count). The van der Waals surface area contributed by atoms with Gasteiger partial charge >= 0.3 is 0 Å². The SMILES string of the molecule is CC1(C)c2ccccc2C(=O)n2c1nc1cc3c(cc12)c1ccccc1n3-c1cccc(-c2nc(-c3ccccc3)nc(-c3ccccc3)n2)c1. The largest absolute Gasteiger partial charge is 0.309 e. The van der Waals surface area contributed by atoms with Crippen molar-refractivity contribution in [3.63, 3.8) is 0 Å². The quantitative estimate of drug-likeness (QED) is 0.188. The van der Waals surface area contributed by atoms with Crippen LogP contribution >= 0.6 is 0 Å². The maximum absolute atomic E-state index is 14.0. The molecule has 1 aliphatic rings. The average Bonchev–Trinajstić information content (AvgIpc) is 3.73. The number of hydrogen-bond donors (Lipinski definition) is 0. The first-order chi connectivity index (χ1) is 25.0. The van der Waals surface area contributed by atoms with E-state index in [1.165, 1.54) is 0 Å². The van der Waals surface area contributed by atoms with Gasteiger partial charge in [0.05, 0.1) is 22.1 Å². The van der Waals surface area contributed by atoms with Gasteiger partial charge in [-0.05, 0) is 55.8 Å². The predicted octanol–water partition coefficient (Wildman–Crippen LogP) is 9.65. The van der Waals surface area contributed by atoms with Crippen LogP contribution in [0.15, 0.2) is 146 Å². The van der Waals surface area contributed by atoms with E-state index in [4.69, 9.17) is 19.9 Å². The molecule has 9 aromatic rings. The van der Waals surface area contributed by atoms with Crippen LogP contribution in [-0.2, 0) is 5.41 Å². The van der Waals surface area contributed by atoms with Crippen LogP contribution in [0, 0.1) is 0 Å². The lowest BCUT2D eigenvalue weighted by atomic mass is 9.78. The van der Waals surface area contributed by atoms with Gasteiger partial charge in [0, 0.05) is 44.1 Å². The zero-order valence-corrected chi connectivity index (χ0v) is 27.9. The fraction of sp³-hybridized carbons (Fsp3) is 0.0682. The van der Waals surface area contributed by atoms with Gasteiger partial charge in [-0.15, -0.1) is 0 Å². The van der Waals surface area contributed by atoms with Crippen LogP contribution in [0.2, 0.25) is 0 Å². The summed E-state index contributed by atoms with van der Waals surface area (Å²) in [6.45, 7) is 4.29. The molecule has 0 fully saturated rings. The molecule has 0 N–H and O–H groups in total. The normalized spacial score (nSPS) is 13.5. The van der Waals surface area contributed by atoms with E-state index in [0.717, 1.165) is 72.2 Å². The predicted molar refractivity (Wildman–Crippen MR) is 202 cm³/mol. The van der Waals surface area contributed by atoms with E-state index in [1.807, 2.05) is 102 Å². The smallest absolute Gasteiger partial charge is 0.264 e. The second-order valence-corrected chi connectivity index (χ2v) is 13.5. The standard InChI is InChI=1S/C44H30N6O/c1-44(2)34-22-11-9-21-32(34)42(51)50-38-25-33-31-20-10-12-23-36(31)49(37(33)26-35(38)45-43(44)50)30-19-13-18-29(24-30)41-47-39(27-14-5-3-6-15-27)46-40(48-41)28-16-7-4-8-17-28/h3-26H,1-2H3. The second kappa shape index (κ2) is 10.9. The zero-order chi connectivity index (χ0) is 34.3. The van der Waals surface area contributed by atoms with E-state index in [2.05, 4.69) is 66.9 Å². The summed E-state index contributed by atoms with van der Waals surface area (Å²) in [5.74, 6) is 2.54. The first-order valence-electron chi connectivity index (χ1n) is 17.0. The van der Waals surface area contributed by atoms with Crippen molar-refractivity contribution in [2.45, 2.75) is 19.3 Å². The van der Waals surface area contributed by atoms with Crippen molar-refractivity contribution >= 4 is 38.7 Å². The molecule has 0 spiro atoms. The lowest BCUT2D eigenvalue weighted by Gasteiger charge is -2.31. The minimum absolute atomic E-state index is 0.0414. The minimum atomic E-state index is -0.443. The van der Waals surface area contributed by atoms with Gasteiger partial charge in [-0.3, -0.25) is 9.36 Å². The van der Waals surface area contributed by atoms with Gasteiger partial charge in [-0.25, -0.2) is 19.9 Å². The number of imidazole rings is 1. The van der Waals surface area contributed by atoms with Crippen molar-refractivity contribution in [3.8, 4) is 39.9 Å². The third kappa shape index (κ3) is 4.41. The molecule has 7 heteroatoms. The molecule has 0 bridgehead atoms. The Balaban J connectivity index is 1.18. The van der Waals surface area contributed by atoms with Crippen molar-refractivity contribution in [1.82, 2.24) is 29.1 Å². The van der Waals surface area contributed by atoms with Gasteiger partial charge in [0.1, 0.15) is 5.82 Å². The Morgan fingerprint density at radius 3 is 1.82 bits per heavy atom. The summed E-state index contributed by atoms with van der Waals surface area (Å²) >= 11 is 0. The van der Waals surface area contributed by atoms with E-state index in [1.54, 1.807) is 0 Å². The number of hydrogen-bond acceptors (Lipinski definition) is 5. The van der Waals surface area contributed by atoms with Gasteiger partial charge in [0.2, 0.25) is 0 Å².